The monoisotopic (exact) mass is 324 g/mol. The molecule has 24 heavy (non-hydrogen) atoms. The van der Waals surface area contributed by atoms with Crippen LogP contribution in [-0.2, 0) is 6.54 Å². The van der Waals surface area contributed by atoms with Crippen LogP contribution in [0.3, 0.4) is 0 Å². The zero-order valence-corrected chi connectivity index (χ0v) is 14.7. The Hall–Kier alpha value is -2.51. The Balaban J connectivity index is 2.06. The van der Waals surface area contributed by atoms with Crippen LogP contribution in [0.25, 0.3) is 0 Å². The molecule has 4 nitrogen and oxygen atoms in total. The molecule has 1 atom stereocenters. The molecule has 0 bridgehead atoms. The third-order valence-electron chi connectivity index (χ3n) is 3.72. The molecule has 0 saturated heterocycles. The lowest BCUT2D eigenvalue weighted by Crippen LogP contribution is -2.18. The van der Waals surface area contributed by atoms with E-state index in [2.05, 4.69) is 18.3 Å². The van der Waals surface area contributed by atoms with Gasteiger partial charge in [0.05, 0.1) is 24.8 Å². The Morgan fingerprint density at radius 1 is 1.08 bits per heavy atom. The minimum atomic E-state index is 0.104. The molecule has 4 heteroatoms. The predicted octanol–water partition coefficient (Wildman–Crippen LogP) is 4.20. The van der Waals surface area contributed by atoms with Crippen molar-refractivity contribution in [3.63, 3.8) is 0 Å². The molecule has 1 N–H and O–H groups in total. The highest BCUT2D eigenvalue weighted by Crippen LogP contribution is 2.31. The second-order valence-electron chi connectivity index (χ2n) is 5.99. The number of nitrogens with zero attached hydrogens (tertiary/aromatic N) is 1. The first-order valence-corrected chi connectivity index (χ1v) is 8.10. The number of ether oxygens (including phenoxy) is 2. The molecule has 0 fully saturated rings. The van der Waals surface area contributed by atoms with Crippen LogP contribution in [-0.4, -0.2) is 13.2 Å². The summed E-state index contributed by atoms with van der Waals surface area (Å²) < 4.78 is 11.2. The fraction of sp³-hybridized carbons (Fsp3) is 0.350. The molecule has 0 aliphatic heterocycles. The van der Waals surface area contributed by atoms with Gasteiger partial charge in [0, 0.05) is 12.6 Å². The summed E-state index contributed by atoms with van der Waals surface area (Å²) in [6, 6.07) is 15.9. The van der Waals surface area contributed by atoms with Gasteiger partial charge in [0.1, 0.15) is 0 Å². The van der Waals surface area contributed by atoms with E-state index in [-0.39, 0.29) is 12.1 Å². The minimum Gasteiger partial charge on any atom is -0.493 e. The van der Waals surface area contributed by atoms with Gasteiger partial charge in [-0.15, -0.1) is 0 Å². The van der Waals surface area contributed by atoms with E-state index in [0.717, 1.165) is 22.6 Å². The maximum absolute atomic E-state index is 8.97. The SMILES string of the molecule is COc1cc([C@H](C)NCc2cccc(C#N)c2)ccc1OC(C)C. The van der Waals surface area contributed by atoms with Gasteiger partial charge in [-0.05, 0) is 56.2 Å². The number of hydrogen-bond donors (Lipinski definition) is 1. The normalized spacial score (nSPS) is 11.8. The van der Waals surface area contributed by atoms with Crippen molar-refractivity contribution in [1.29, 1.82) is 5.26 Å². The first-order chi connectivity index (χ1) is 11.5. The lowest BCUT2D eigenvalue weighted by Gasteiger charge is -2.18. The van der Waals surface area contributed by atoms with E-state index in [0.29, 0.717) is 12.1 Å². The van der Waals surface area contributed by atoms with Crippen molar-refractivity contribution in [1.82, 2.24) is 5.32 Å². The smallest absolute Gasteiger partial charge is 0.161 e. The molecule has 0 aromatic heterocycles. The van der Waals surface area contributed by atoms with Gasteiger partial charge in [0.2, 0.25) is 0 Å². The van der Waals surface area contributed by atoms with Gasteiger partial charge in [-0.25, -0.2) is 0 Å². The van der Waals surface area contributed by atoms with Crippen molar-refractivity contribution >= 4 is 0 Å². The highest BCUT2D eigenvalue weighted by atomic mass is 16.5. The minimum absolute atomic E-state index is 0.104. The first-order valence-electron chi connectivity index (χ1n) is 8.10. The van der Waals surface area contributed by atoms with Crippen LogP contribution in [0.2, 0.25) is 0 Å². The number of nitrogens with one attached hydrogen (secondary N) is 1. The fourth-order valence-electron chi connectivity index (χ4n) is 2.44. The highest BCUT2D eigenvalue weighted by molar-refractivity contribution is 5.44. The molecule has 0 amide bonds. The van der Waals surface area contributed by atoms with Gasteiger partial charge in [-0.2, -0.15) is 5.26 Å². The topological polar surface area (TPSA) is 54.3 Å². The predicted molar refractivity (Wildman–Crippen MR) is 95.2 cm³/mol. The Labute approximate surface area is 144 Å². The molecule has 0 unspecified atom stereocenters. The second kappa shape index (κ2) is 8.37. The van der Waals surface area contributed by atoms with Crippen molar-refractivity contribution in [3.05, 3.63) is 59.2 Å². The van der Waals surface area contributed by atoms with Crippen LogP contribution >= 0.6 is 0 Å². The standard InChI is InChI=1S/C20H24N2O2/c1-14(2)24-19-9-8-18(11-20(19)23-4)15(3)22-13-17-7-5-6-16(10-17)12-21/h5-11,14-15,22H,13H2,1-4H3/t15-/m0/s1. The Morgan fingerprint density at radius 2 is 1.88 bits per heavy atom. The van der Waals surface area contributed by atoms with Crippen molar-refractivity contribution in [2.45, 2.75) is 39.5 Å². The first kappa shape index (κ1) is 17.8. The van der Waals surface area contributed by atoms with Crippen molar-refractivity contribution in [2.24, 2.45) is 0 Å². The third kappa shape index (κ3) is 4.74. The van der Waals surface area contributed by atoms with Crippen LogP contribution < -0.4 is 14.8 Å². The van der Waals surface area contributed by atoms with Crippen molar-refractivity contribution in [2.75, 3.05) is 7.11 Å². The molecule has 0 aliphatic carbocycles. The number of methoxy groups -OCH3 is 1. The molecular weight excluding hydrogens is 300 g/mol. The van der Waals surface area contributed by atoms with E-state index in [9.17, 15) is 0 Å². The van der Waals surface area contributed by atoms with E-state index in [1.54, 1.807) is 7.11 Å². The molecule has 0 heterocycles. The van der Waals surface area contributed by atoms with Crippen LogP contribution in [0, 0.1) is 11.3 Å². The summed E-state index contributed by atoms with van der Waals surface area (Å²) in [5.74, 6) is 1.49. The summed E-state index contributed by atoms with van der Waals surface area (Å²) in [4.78, 5) is 0. The van der Waals surface area contributed by atoms with E-state index < -0.39 is 0 Å². The van der Waals surface area contributed by atoms with Gasteiger partial charge in [-0.1, -0.05) is 18.2 Å². The number of benzene rings is 2. The largest absolute Gasteiger partial charge is 0.493 e. The van der Waals surface area contributed by atoms with Gasteiger partial charge >= 0.3 is 0 Å². The summed E-state index contributed by atoms with van der Waals surface area (Å²) in [5.41, 5.74) is 2.89. The van der Waals surface area contributed by atoms with Gasteiger partial charge in [0.25, 0.3) is 0 Å². The zero-order chi connectivity index (χ0) is 17.5. The third-order valence-corrected chi connectivity index (χ3v) is 3.72. The molecule has 0 aliphatic rings. The van der Waals surface area contributed by atoms with E-state index in [1.165, 1.54) is 0 Å². The number of hydrogen-bond acceptors (Lipinski definition) is 4. The van der Waals surface area contributed by atoms with Crippen LogP contribution in [0.15, 0.2) is 42.5 Å². The zero-order valence-electron chi connectivity index (χ0n) is 14.7. The van der Waals surface area contributed by atoms with E-state index in [1.807, 2.05) is 56.3 Å². The summed E-state index contributed by atoms with van der Waals surface area (Å²) in [6.07, 6.45) is 0.104. The van der Waals surface area contributed by atoms with Crippen molar-refractivity contribution < 1.29 is 9.47 Å². The molecule has 2 rings (SSSR count). The second-order valence-corrected chi connectivity index (χ2v) is 5.99. The van der Waals surface area contributed by atoms with Crippen LogP contribution in [0.5, 0.6) is 11.5 Å². The average molecular weight is 324 g/mol. The van der Waals surface area contributed by atoms with E-state index >= 15 is 0 Å². The molecular formula is C20H24N2O2. The lowest BCUT2D eigenvalue weighted by molar-refractivity contribution is 0.230. The van der Waals surface area contributed by atoms with E-state index in [4.69, 9.17) is 14.7 Å². The van der Waals surface area contributed by atoms with Crippen LogP contribution in [0.4, 0.5) is 0 Å². The summed E-state index contributed by atoms with van der Waals surface area (Å²) in [6.45, 7) is 6.79. The Kier molecular flexibility index (Phi) is 6.22. The Bertz CT molecular complexity index is 720. The van der Waals surface area contributed by atoms with Crippen LogP contribution in [0.1, 0.15) is 43.5 Å². The summed E-state index contributed by atoms with van der Waals surface area (Å²) in [7, 11) is 1.65. The van der Waals surface area contributed by atoms with Gasteiger partial charge in [-0.3, -0.25) is 0 Å². The molecule has 2 aromatic carbocycles. The Morgan fingerprint density at radius 3 is 2.54 bits per heavy atom. The fourth-order valence-corrected chi connectivity index (χ4v) is 2.44. The maximum atomic E-state index is 8.97. The average Bonchev–Trinajstić information content (AvgIpc) is 2.59. The molecule has 0 saturated carbocycles. The molecule has 2 aromatic rings. The summed E-state index contributed by atoms with van der Waals surface area (Å²) in [5, 5.41) is 12.4. The lowest BCUT2D eigenvalue weighted by atomic mass is 10.1. The summed E-state index contributed by atoms with van der Waals surface area (Å²) >= 11 is 0. The highest BCUT2D eigenvalue weighted by Gasteiger charge is 2.11. The molecule has 126 valence electrons. The number of rotatable bonds is 7. The van der Waals surface area contributed by atoms with Gasteiger partial charge < -0.3 is 14.8 Å². The van der Waals surface area contributed by atoms with Crippen molar-refractivity contribution in [3.8, 4) is 17.6 Å². The molecule has 0 radical (unpaired) electrons. The maximum Gasteiger partial charge on any atom is 0.161 e. The number of nitriles is 1. The quantitative estimate of drug-likeness (QED) is 0.829. The molecule has 0 spiro atoms. The van der Waals surface area contributed by atoms with Gasteiger partial charge in [0.15, 0.2) is 11.5 Å².